The molecule has 3 fully saturated rings. The van der Waals surface area contributed by atoms with E-state index in [0.717, 1.165) is 67.9 Å². The van der Waals surface area contributed by atoms with Gasteiger partial charge in [-0.15, -0.1) is 0 Å². The zero-order valence-electron chi connectivity index (χ0n) is 22.2. The van der Waals surface area contributed by atoms with Crippen LogP contribution in [0.25, 0.3) is 10.9 Å². The highest BCUT2D eigenvalue weighted by atomic mass is 16.5. The highest BCUT2D eigenvalue weighted by molar-refractivity contribution is 6.05. The zero-order valence-corrected chi connectivity index (χ0v) is 22.2. The number of carbonyl (C=O) groups is 3. The van der Waals surface area contributed by atoms with E-state index in [1.54, 1.807) is 4.90 Å². The van der Waals surface area contributed by atoms with Crippen molar-refractivity contribution in [2.45, 2.75) is 56.3 Å². The van der Waals surface area contributed by atoms with Crippen molar-refractivity contribution in [3.05, 3.63) is 58.8 Å². The van der Waals surface area contributed by atoms with Crippen LogP contribution in [-0.4, -0.2) is 76.3 Å². The van der Waals surface area contributed by atoms with Crippen molar-refractivity contribution in [2.75, 3.05) is 32.9 Å². The third-order valence-electron chi connectivity index (χ3n) is 9.53. The first-order chi connectivity index (χ1) is 19.5. The van der Waals surface area contributed by atoms with Gasteiger partial charge in [0.1, 0.15) is 11.8 Å². The smallest absolute Gasteiger partial charge is 0.255 e. The van der Waals surface area contributed by atoms with Crippen molar-refractivity contribution < 1.29 is 23.9 Å². The molecule has 0 aliphatic carbocycles. The molecule has 0 radical (unpaired) electrons. The monoisotopic (exact) mass is 541 g/mol. The van der Waals surface area contributed by atoms with Crippen LogP contribution in [-0.2, 0) is 32.8 Å². The molecule has 10 nitrogen and oxygen atoms in total. The Hall–Kier alpha value is -3.76. The molecule has 1 spiro atoms. The Morgan fingerprint density at radius 3 is 2.70 bits per heavy atom. The summed E-state index contributed by atoms with van der Waals surface area (Å²) in [6.07, 6.45) is 4.70. The minimum absolute atomic E-state index is 0.0560. The molecule has 6 heterocycles. The van der Waals surface area contributed by atoms with Gasteiger partial charge in [-0.2, -0.15) is 5.10 Å². The molecule has 40 heavy (non-hydrogen) atoms. The fourth-order valence-electron chi connectivity index (χ4n) is 7.04. The fourth-order valence-corrected chi connectivity index (χ4v) is 7.04. The lowest BCUT2D eigenvalue weighted by Crippen LogP contribution is -2.52. The van der Waals surface area contributed by atoms with Gasteiger partial charge in [-0.1, -0.05) is 18.2 Å². The Balaban J connectivity index is 0.966. The lowest BCUT2D eigenvalue weighted by Gasteiger charge is -2.38. The molecule has 3 amide bonds. The number of rotatable bonds is 4. The summed E-state index contributed by atoms with van der Waals surface area (Å²) in [6.45, 7) is 5.26. The molecule has 0 saturated carbocycles. The molecule has 8 rings (SSSR count). The molecule has 5 aliphatic heterocycles. The predicted octanol–water partition coefficient (Wildman–Crippen LogP) is 2.29. The largest absolute Gasteiger partial charge is 0.492 e. The van der Waals surface area contributed by atoms with Crippen LogP contribution in [0.4, 0.5) is 0 Å². The molecule has 206 valence electrons. The summed E-state index contributed by atoms with van der Waals surface area (Å²) in [5, 5.41) is 8.32. The summed E-state index contributed by atoms with van der Waals surface area (Å²) in [4.78, 5) is 41.4. The quantitative estimate of drug-likeness (QED) is 0.506. The maximum absolute atomic E-state index is 13.2. The van der Waals surface area contributed by atoms with E-state index in [9.17, 15) is 14.4 Å². The lowest BCUT2D eigenvalue weighted by molar-refractivity contribution is -0.136. The Bertz CT molecular complexity index is 1570. The topological polar surface area (TPSA) is 106 Å². The molecular weight excluding hydrogens is 510 g/mol. The van der Waals surface area contributed by atoms with Crippen LogP contribution in [0.3, 0.4) is 0 Å². The van der Waals surface area contributed by atoms with Gasteiger partial charge in [0.15, 0.2) is 0 Å². The molecule has 0 unspecified atom stereocenters. The van der Waals surface area contributed by atoms with E-state index in [0.29, 0.717) is 31.2 Å². The SMILES string of the molecule is O=C1CC[C@H](N2Cc3c(ccc4c3OCC43CCN(Cc4ccc5cn(C6COC6)nc5c4)CC3)C2=O)C(=O)N1. The minimum Gasteiger partial charge on any atom is -0.492 e. The second kappa shape index (κ2) is 8.87. The number of nitrogens with zero attached hydrogens (tertiary/aromatic N) is 4. The van der Waals surface area contributed by atoms with E-state index in [1.807, 2.05) is 10.7 Å². The van der Waals surface area contributed by atoms with E-state index in [1.165, 1.54) is 11.1 Å². The minimum atomic E-state index is -0.618. The molecular formula is C30H31N5O5. The van der Waals surface area contributed by atoms with Gasteiger partial charge in [0.05, 0.1) is 37.9 Å². The van der Waals surface area contributed by atoms with Crippen LogP contribution in [0.15, 0.2) is 36.5 Å². The van der Waals surface area contributed by atoms with Gasteiger partial charge in [0.2, 0.25) is 11.8 Å². The number of carbonyl (C=O) groups excluding carboxylic acids is 3. The second-order valence-electron chi connectivity index (χ2n) is 11.9. The number of piperidine rings is 2. The summed E-state index contributed by atoms with van der Waals surface area (Å²) >= 11 is 0. The summed E-state index contributed by atoms with van der Waals surface area (Å²) < 4.78 is 13.7. The van der Waals surface area contributed by atoms with Crippen molar-refractivity contribution in [3.63, 3.8) is 0 Å². The van der Waals surface area contributed by atoms with Gasteiger partial charge in [0, 0.05) is 46.7 Å². The third kappa shape index (κ3) is 3.69. The summed E-state index contributed by atoms with van der Waals surface area (Å²) in [5.74, 6) is -0.000474. The maximum atomic E-state index is 13.2. The molecule has 2 aromatic carbocycles. The third-order valence-corrected chi connectivity index (χ3v) is 9.53. The molecule has 5 aliphatic rings. The number of amides is 3. The molecule has 0 bridgehead atoms. The van der Waals surface area contributed by atoms with Gasteiger partial charge >= 0.3 is 0 Å². The number of aromatic nitrogens is 2. The van der Waals surface area contributed by atoms with E-state index >= 15 is 0 Å². The van der Waals surface area contributed by atoms with Crippen molar-refractivity contribution >= 4 is 28.6 Å². The van der Waals surface area contributed by atoms with Crippen molar-refractivity contribution in [3.8, 4) is 5.75 Å². The van der Waals surface area contributed by atoms with Gasteiger partial charge < -0.3 is 14.4 Å². The highest BCUT2D eigenvalue weighted by Crippen LogP contribution is 2.49. The van der Waals surface area contributed by atoms with Gasteiger partial charge in [0.25, 0.3) is 5.91 Å². The van der Waals surface area contributed by atoms with Crippen molar-refractivity contribution in [1.29, 1.82) is 0 Å². The average Bonchev–Trinajstić information content (AvgIpc) is 3.58. The Morgan fingerprint density at radius 1 is 1.07 bits per heavy atom. The first kappa shape index (κ1) is 24.1. The number of likely N-dealkylation sites (tertiary alicyclic amines) is 1. The molecule has 1 aromatic heterocycles. The van der Waals surface area contributed by atoms with Crippen LogP contribution in [0.1, 0.15) is 58.8 Å². The van der Waals surface area contributed by atoms with E-state index in [2.05, 4.69) is 40.7 Å². The van der Waals surface area contributed by atoms with Gasteiger partial charge in [-0.25, -0.2) is 0 Å². The Morgan fingerprint density at radius 2 is 1.93 bits per heavy atom. The van der Waals surface area contributed by atoms with Crippen LogP contribution in [0.2, 0.25) is 0 Å². The van der Waals surface area contributed by atoms with Crippen LogP contribution >= 0.6 is 0 Å². The van der Waals surface area contributed by atoms with Crippen LogP contribution in [0, 0.1) is 0 Å². The number of hydrogen-bond acceptors (Lipinski definition) is 7. The molecule has 3 aromatic rings. The fraction of sp³-hybridized carbons (Fsp3) is 0.467. The molecule has 1 N–H and O–H groups in total. The zero-order chi connectivity index (χ0) is 27.0. The van der Waals surface area contributed by atoms with E-state index in [4.69, 9.17) is 14.6 Å². The van der Waals surface area contributed by atoms with Gasteiger partial charge in [-0.05, 0) is 50.0 Å². The second-order valence-corrected chi connectivity index (χ2v) is 11.9. The van der Waals surface area contributed by atoms with Crippen LogP contribution < -0.4 is 10.1 Å². The first-order valence-electron chi connectivity index (χ1n) is 14.2. The predicted molar refractivity (Wildman–Crippen MR) is 144 cm³/mol. The van der Waals surface area contributed by atoms with E-state index < -0.39 is 6.04 Å². The number of fused-ring (bicyclic) bond motifs is 5. The maximum Gasteiger partial charge on any atom is 0.255 e. The molecule has 1 atom stereocenters. The highest BCUT2D eigenvalue weighted by Gasteiger charge is 2.47. The van der Waals surface area contributed by atoms with Crippen LogP contribution in [0.5, 0.6) is 5.75 Å². The number of imide groups is 1. The Kier molecular flexibility index (Phi) is 5.34. The Labute approximate surface area is 231 Å². The average molecular weight is 542 g/mol. The van der Waals surface area contributed by atoms with E-state index in [-0.39, 0.29) is 29.6 Å². The summed E-state index contributed by atoms with van der Waals surface area (Å²) in [6, 6.07) is 10.3. The number of benzene rings is 2. The lowest BCUT2D eigenvalue weighted by atomic mass is 9.74. The summed E-state index contributed by atoms with van der Waals surface area (Å²) in [5.41, 5.74) is 4.93. The van der Waals surface area contributed by atoms with Crippen molar-refractivity contribution in [1.82, 2.24) is 24.9 Å². The number of hydrogen-bond donors (Lipinski definition) is 1. The van der Waals surface area contributed by atoms with Crippen molar-refractivity contribution in [2.24, 2.45) is 0 Å². The first-order valence-corrected chi connectivity index (χ1v) is 14.2. The molecule has 10 heteroatoms. The summed E-state index contributed by atoms with van der Waals surface area (Å²) in [7, 11) is 0. The normalized spacial score (nSPS) is 24.2. The molecule has 3 saturated heterocycles. The number of nitrogens with one attached hydrogen (secondary N) is 1. The standard InChI is InChI=1S/C30H31N5O5/c36-26-6-5-25(28(37)31-26)34-14-22-21(29(34)38)3-4-23-27(22)40-17-30(23)7-9-33(10-8-30)12-18-1-2-19-13-35(20-15-39-16-20)32-24(19)11-18/h1-4,11,13,20,25H,5-10,12,14-17H2,(H,31,36,37)/t25-/m0/s1. The van der Waals surface area contributed by atoms with Gasteiger partial charge in [-0.3, -0.25) is 29.3 Å². The number of ether oxygens (including phenoxy) is 2.